The van der Waals surface area contributed by atoms with E-state index in [1.165, 1.54) is 4.88 Å². The van der Waals surface area contributed by atoms with Gasteiger partial charge in [-0.05, 0) is 39.6 Å². The highest BCUT2D eigenvalue weighted by molar-refractivity contribution is 7.16. The predicted octanol–water partition coefficient (Wildman–Crippen LogP) is 1.74. The molecular formula is C16H23N3O2S. The van der Waals surface area contributed by atoms with Gasteiger partial charge in [0.15, 0.2) is 0 Å². The highest BCUT2D eigenvalue weighted by atomic mass is 32.1. The van der Waals surface area contributed by atoms with Crippen LogP contribution < -0.4 is 4.90 Å². The molecule has 0 atom stereocenters. The Balaban J connectivity index is 1.99. The van der Waals surface area contributed by atoms with E-state index >= 15 is 0 Å². The molecule has 1 saturated heterocycles. The summed E-state index contributed by atoms with van der Waals surface area (Å²) in [6.07, 6.45) is 4.20. The molecule has 1 fully saturated rings. The number of aryl methyl sites for hydroxylation is 1. The molecular weight excluding hydrogens is 298 g/mol. The molecule has 1 aromatic rings. The quantitative estimate of drug-likeness (QED) is 0.794. The smallest absolute Gasteiger partial charge is 0.247 e. The van der Waals surface area contributed by atoms with Crippen LogP contribution in [-0.4, -0.2) is 61.9 Å². The SMILES string of the molecule is Cc1ccc(N2CCCN(C(=O)/C=C/CN(C)C)CC2=O)s1. The molecule has 2 heterocycles. The van der Waals surface area contributed by atoms with E-state index in [9.17, 15) is 9.59 Å². The molecule has 6 heteroatoms. The molecule has 0 N–H and O–H groups in total. The van der Waals surface area contributed by atoms with E-state index in [0.29, 0.717) is 19.6 Å². The maximum absolute atomic E-state index is 12.4. The van der Waals surface area contributed by atoms with Crippen LogP contribution >= 0.6 is 11.3 Å². The van der Waals surface area contributed by atoms with Gasteiger partial charge in [-0.25, -0.2) is 0 Å². The Morgan fingerprint density at radius 2 is 2.14 bits per heavy atom. The fourth-order valence-corrected chi connectivity index (χ4v) is 3.24. The highest BCUT2D eigenvalue weighted by Gasteiger charge is 2.25. The first kappa shape index (κ1) is 16.7. The van der Waals surface area contributed by atoms with Gasteiger partial charge < -0.3 is 14.7 Å². The summed E-state index contributed by atoms with van der Waals surface area (Å²) in [6.45, 7) is 4.19. The van der Waals surface area contributed by atoms with Crippen molar-refractivity contribution >= 4 is 28.2 Å². The molecule has 1 aromatic heterocycles. The lowest BCUT2D eigenvalue weighted by Crippen LogP contribution is -2.38. The lowest BCUT2D eigenvalue weighted by molar-refractivity contribution is -0.130. The van der Waals surface area contributed by atoms with Crippen LogP contribution in [0, 0.1) is 6.92 Å². The van der Waals surface area contributed by atoms with Crippen LogP contribution in [0.5, 0.6) is 0 Å². The van der Waals surface area contributed by atoms with E-state index in [1.807, 2.05) is 44.1 Å². The van der Waals surface area contributed by atoms with Crippen molar-refractivity contribution in [3.63, 3.8) is 0 Å². The number of rotatable bonds is 4. The molecule has 0 bridgehead atoms. The maximum Gasteiger partial charge on any atom is 0.247 e. The van der Waals surface area contributed by atoms with Crippen molar-refractivity contribution < 1.29 is 9.59 Å². The third kappa shape index (κ3) is 4.42. The first-order valence-electron chi connectivity index (χ1n) is 7.44. The standard InChI is InChI=1S/C16H23N3O2S/c1-13-7-8-16(22-13)19-11-5-10-18(12-15(19)21)14(20)6-4-9-17(2)3/h4,6-8H,5,9-12H2,1-3H3/b6-4+. The van der Waals surface area contributed by atoms with E-state index < -0.39 is 0 Å². The molecule has 2 rings (SSSR count). The molecule has 0 aromatic carbocycles. The normalized spacial score (nSPS) is 16.6. The zero-order valence-electron chi connectivity index (χ0n) is 13.4. The topological polar surface area (TPSA) is 43.9 Å². The Morgan fingerprint density at radius 1 is 1.36 bits per heavy atom. The van der Waals surface area contributed by atoms with Gasteiger partial charge in [0.2, 0.25) is 11.8 Å². The van der Waals surface area contributed by atoms with Gasteiger partial charge in [0.25, 0.3) is 0 Å². The fraction of sp³-hybridized carbons (Fsp3) is 0.500. The summed E-state index contributed by atoms with van der Waals surface area (Å²) in [5.41, 5.74) is 0. The van der Waals surface area contributed by atoms with Crippen LogP contribution in [0.15, 0.2) is 24.3 Å². The number of amides is 2. The van der Waals surface area contributed by atoms with E-state index in [4.69, 9.17) is 0 Å². The van der Waals surface area contributed by atoms with Crippen molar-refractivity contribution in [3.05, 3.63) is 29.2 Å². The summed E-state index contributed by atoms with van der Waals surface area (Å²) >= 11 is 1.62. The molecule has 0 aliphatic carbocycles. The number of carbonyl (C=O) groups is 2. The number of hydrogen-bond donors (Lipinski definition) is 0. The number of hydrogen-bond acceptors (Lipinski definition) is 4. The average molecular weight is 321 g/mol. The molecule has 5 nitrogen and oxygen atoms in total. The van der Waals surface area contributed by atoms with Crippen LogP contribution in [0.1, 0.15) is 11.3 Å². The van der Waals surface area contributed by atoms with Crippen molar-refractivity contribution in [2.75, 3.05) is 45.2 Å². The summed E-state index contributed by atoms with van der Waals surface area (Å²) < 4.78 is 0. The second-order valence-electron chi connectivity index (χ2n) is 5.71. The molecule has 0 saturated carbocycles. The minimum atomic E-state index is -0.0839. The van der Waals surface area contributed by atoms with E-state index in [0.717, 1.165) is 11.4 Å². The highest BCUT2D eigenvalue weighted by Crippen LogP contribution is 2.26. The maximum atomic E-state index is 12.4. The Morgan fingerprint density at radius 3 is 2.77 bits per heavy atom. The summed E-state index contributed by atoms with van der Waals surface area (Å²) in [7, 11) is 3.90. The lowest BCUT2D eigenvalue weighted by atomic mass is 10.3. The summed E-state index contributed by atoms with van der Waals surface area (Å²) in [4.78, 5) is 31.2. The summed E-state index contributed by atoms with van der Waals surface area (Å²) in [6, 6.07) is 4.00. The number of carbonyl (C=O) groups excluding carboxylic acids is 2. The van der Waals surface area contributed by atoms with Crippen molar-refractivity contribution in [1.29, 1.82) is 0 Å². The summed E-state index contributed by atoms with van der Waals surface area (Å²) in [5, 5.41) is 0.972. The van der Waals surface area contributed by atoms with Crippen LogP contribution in [-0.2, 0) is 9.59 Å². The molecule has 0 spiro atoms. The van der Waals surface area contributed by atoms with Gasteiger partial charge in [-0.3, -0.25) is 9.59 Å². The third-order valence-corrected chi connectivity index (χ3v) is 4.50. The number of nitrogens with zero attached hydrogens (tertiary/aromatic N) is 3. The third-order valence-electron chi connectivity index (χ3n) is 3.47. The summed E-state index contributed by atoms with van der Waals surface area (Å²) in [5.74, 6) is -0.0897. The van der Waals surface area contributed by atoms with Gasteiger partial charge in [-0.15, -0.1) is 11.3 Å². The van der Waals surface area contributed by atoms with Gasteiger partial charge in [-0.1, -0.05) is 6.08 Å². The minimum Gasteiger partial charge on any atom is -0.330 e. The minimum absolute atomic E-state index is 0.00582. The van der Waals surface area contributed by atoms with Crippen molar-refractivity contribution in [2.45, 2.75) is 13.3 Å². The first-order valence-corrected chi connectivity index (χ1v) is 8.26. The average Bonchev–Trinajstić information content (AvgIpc) is 2.77. The number of likely N-dealkylation sites (N-methyl/N-ethyl adjacent to an activating group) is 1. The first-order chi connectivity index (χ1) is 10.5. The van der Waals surface area contributed by atoms with Crippen molar-refractivity contribution in [2.24, 2.45) is 0 Å². The van der Waals surface area contributed by atoms with Gasteiger partial charge in [0.1, 0.15) is 6.54 Å². The van der Waals surface area contributed by atoms with E-state index in [1.54, 1.807) is 27.2 Å². The fourth-order valence-electron chi connectivity index (χ4n) is 2.33. The Labute approximate surface area is 135 Å². The van der Waals surface area contributed by atoms with Gasteiger partial charge >= 0.3 is 0 Å². The van der Waals surface area contributed by atoms with Gasteiger partial charge in [0, 0.05) is 30.6 Å². The van der Waals surface area contributed by atoms with Crippen LogP contribution in [0.3, 0.4) is 0 Å². The van der Waals surface area contributed by atoms with Crippen molar-refractivity contribution in [3.8, 4) is 0 Å². The van der Waals surface area contributed by atoms with Crippen LogP contribution in [0.2, 0.25) is 0 Å². The zero-order valence-corrected chi connectivity index (χ0v) is 14.2. The van der Waals surface area contributed by atoms with E-state index in [-0.39, 0.29) is 18.4 Å². The van der Waals surface area contributed by atoms with Crippen LogP contribution in [0.25, 0.3) is 0 Å². The molecule has 1 aliphatic heterocycles. The molecule has 22 heavy (non-hydrogen) atoms. The monoisotopic (exact) mass is 321 g/mol. The number of thiophene rings is 1. The largest absolute Gasteiger partial charge is 0.330 e. The van der Waals surface area contributed by atoms with Gasteiger partial charge in [-0.2, -0.15) is 0 Å². The van der Waals surface area contributed by atoms with Crippen LogP contribution in [0.4, 0.5) is 5.00 Å². The lowest BCUT2D eigenvalue weighted by Gasteiger charge is -2.20. The zero-order chi connectivity index (χ0) is 16.1. The molecule has 0 unspecified atom stereocenters. The molecule has 2 amide bonds. The molecule has 0 radical (unpaired) electrons. The second kappa shape index (κ2) is 7.56. The second-order valence-corrected chi connectivity index (χ2v) is 6.97. The predicted molar refractivity (Wildman–Crippen MR) is 90.3 cm³/mol. The van der Waals surface area contributed by atoms with Crippen molar-refractivity contribution in [1.82, 2.24) is 9.80 Å². The number of anilines is 1. The Hall–Kier alpha value is -1.66. The van der Waals surface area contributed by atoms with Gasteiger partial charge in [0.05, 0.1) is 5.00 Å². The Kier molecular flexibility index (Phi) is 5.74. The van der Waals surface area contributed by atoms with E-state index in [2.05, 4.69) is 0 Å². The molecule has 120 valence electrons. The molecule has 1 aliphatic rings. The Bertz CT molecular complexity index is 565.